The number of hydrogen-bond acceptors (Lipinski definition) is 5. The Morgan fingerprint density at radius 1 is 1.40 bits per heavy atom. The van der Waals surface area contributed by atoms with Crippen molar-refractivity contribution in [2.75, 3.05) is 13.7 Å². The molecule has 0 aromatic heterocycles. The Morgan fingerprint density at radius 2 is 2.13 bits per heavy atom. The standard InChI is InChI=1S/C23H23ClFNO3S/c1-5-7-8-15(3)16-9-10-19(25)20(13-16)26(11-6-2)30-21-14-17(23(28)29-4)12-18(24)22(21)27/h5-8,12-14,27H,1-3,9-11H2,4H3/b8-7-. The van der Waals surface area contributed by atoms with Gasteiger partial charge < -0.3 is 14.1 Å². The first-order chi connectivity index (χ1) is 14.3. The highest BCUT2D eigenvalue weighted by atomic mass is 35.5. The zero-order valence-corrected chi connectivity index (χ0v) is 18.2. The van der Waals surface area contributed by atoms with E-state index < -0.39 is 5.97 Å². The quantitative estimate of drug-likeness (QED) is 0.202. The smallest absolute Gasteiger partial charge is 0.337 e. The number of allylic oxidation sites excluding steroid dienone is 7. The number of nitrogens with zero attached hydrogens (tertiary/aromatic N) is 1. The molecule has 30 heavy (non-hydrogen) atoms. The van der Waals surface area contributed by atoms with Crippen molar-refractivity contribution in [1.29, 1.82) is 0 Å². The SMILES string of the molecule is C=C/C=C\C(=C)C1=CC(N(CC=C)Sc2cc(C(=O)OC)cc(Cl)c2O)=C(F)CC1. The van der Waals surface area contributed by atoms with E-state index in [1.165, 1.54) is 19.2 Å². The summed E-state index contributed by atoms with van der Waals surface area (Å²) in [6, 6.07) is 2.77. The van der Waals surface area contributed by atoms with E-state index in [1.54, 1.807) is 28.6 Å². The van der Waals surface area contributed by atoms with E-state index in [9.17, 15) is 14.3 Å². The fraction of sp³-hybridized carbons (Fsp3) is 0.174. The Balaban J connectivity index is 2.43. The van der Waals surface area contributed by atoms with Crippen molar-refractivity contribution in [2.24, 2.45) is 0 Å². The summed E-state index contributed by atoms with van der Waals surface area (Å²) in [7, 11) is 1.25. The Hall–Kier alpha value is -2.70. The second-order valence-corrected chi connectivity index (χ2v) is 7.79. The van der Waals surface area contributed by atoms with Gasteiger partial charge in [0.15, 0.2) is 0 Å². The number of carbonyl (C=O) groups excluding carboxylic acids is 1. The Morgan fingerprint density at radius 3 is 2.77 bits per heavy atom. The van der Waals surface area contributed by atoms with Gasteiger partial charge in [-0.25, -0.2) is 9.18 Å². The van der Waals surface area contributed by atoms with E-state index in [0.717, 1.165) is 23.1 Å². The predicted molar refractivity (Wildman–Crippen MR) is 121 cm³/mol. The summed E-state index contributed by atoms with van der Waals surface area (Å²) in [4.78, 5) is 12.2. The Kier molecular flexibility index (Phi) is 8.57. The molecular weight excluding hydrogens is 425 g/mol. The Bertz CT molecular complexity index is 965. The van der Waals surface area contributed by atoms with E-state index >= 15 is 0 Å². The van der Waals surface area contributed by atoms with Gasteiger partial charge in [0, 0.05) is 13.0 Å². The molecule has 0 aliphatic heterocycles. The summed E-state index contributed by atoms with van der Waals surface area (Å²) >= 11 is 7.12. The van der Waals surface area contributed by atoms with Gasteiger partial charge in [-0.05, 0) is 47.7 Å². The molecule has 0 atom stereocenters. The van der Waals surface area contributed by atoms with Crippen molar-refractivity contribution in [2.45, 2.75) is 17.7 Å². The summed E-state index contributed by atoms with van der Waals surface area (Å²) in [5, 5.41) is 10.4. The van der Waals surface area contributed by atoms with Crippen molar-refractivity contribution < 1.29 is 19.0 Å². The molecule has 1 aromatic carbocycles. The minimum absolute atomic E-state index is 0.00350. The lowest BCUT2D eigenvalue weighted by Crippen LogP contribution is -2.18. The van der Waals surface area contributed by atoms with Crippen LogP contribution in [-0.2, 0) is 4.74 Å². The largest absolute Gasteiger partial charge is 0.505 e. The van der Waals surface area contributed by atoms with Crippen LogP contribution < -0.4 is 0 Å². The topological polar surface area (TPSA) is 49.8 Å². The minimum Gasteiger partial charge on any atom is -0.505 e. The molecule has 0 radical (unpaired) electrons. The van der Waals surface area contributed by atoms with Crippen molar-refractivity contribution >= 4 is 29.5 Å². The monoisotopic (exact) mass is 447 g/mol. The van der Waals surface area contributed by atoms with Gasteiger partial charge in [0.25, 0.3) is 0 Å². The van der Waals surface area contributed by atoms with Gasteiger partial charge in [-0.1, -0.05) is 49.1 Å². The predicted octanol–water partition coefficient (Wildman–Crippen LogP) is 6.53. The van der Waals surface area contributed by atoms with E-state index in [2.05, 4.69) is 19.7 Å². The van der Waals surface area contributed by atoms with Crippen LogP contribution in [0.25, 0.3) is 0 Å². The van der Waals surface area contributed by atoms with Crippen molar-refractivity contribution in [3.63, 3.8) is 0 Å². The first-order valence-corrected chi connectivity index (χ1v) is 10.2. The van der Waals surface area contributed by atoms with Gasteiger partial charge in [-0.15, -0.1) is 6.58 Å². The molecule has 0 fully saturated rings. The van der Waals surface area contributed by atoms with Crippen LogP contribution in [0, 0.1) is 0 Å². The fourth-order valence-corrected chi connectivity index (χ4v) is 4.06. The van der Waals surface area contributed by atoms with Crippen LogP contribution >= 0.6 is 23.5 Å². The maximum Gasteiger partial charge on any atom is 0.337 e. The highest BCUT2D eigenvalue weighted by molar-refractivity contribution is 7.97. The molecule has 4 nitrogen and oxygen atoms in total. The number of hydrogen-bond donors (Lipinski definition) is 1. The number of ether oxygens (including phenoxy) is 1. The lowest BCUT2D eigenvalue weighted by molar-refractivity contribution is 0.0600. The fourth-order valence-electron chi connectivity index (χ4n) is 2.74. The van der Waals surface area contributed by atoms with Crippen LogP contribution in [0.1, 0.15) is 23.2 Å². The van der Waals surface area contributed by atoms with Crippen LogP contribution in [0.5, 0.6) is 5.75 Å². The molecule has 0 unspecified atom stereocenters. The average molecular weight is 448 g/mol. The van der Waals surface area contributed by atoms with Gasteiger partial charge in [-0.2, -0.15) is 0 Å². The molecular formula is C23H23ClFNO3S. The number of esters is 1. The summed E-state index contributed by atoms with van der Waals surface area (Å²) in [5.41, 5.74) is 2.18. The number of aromatic hydroxyl groups is 1. The highest BCUT2D eigenvalue weighted by Gasteiger charge is 2.22. The third-order valence-electron chi connectivity index (χ3n) is 4.27. The molecule has 0 saturated carbocycles. The maximum atomic E-state index is 14.8. The molecule has 7 heteroatoms. The average Bonchev–Trinajstić information content (AvgIpc) is 2.74. The van der Waals surface area contributed by atoms with Crippen LogP contribution in [0.15, 0.2) is 89.8 Å². The summed E-state index contributed by atoms with van der Waals surface area (Å²) in [5.74, 6) is -1.09. The third-order valence-corrected chi connectivity index (χ3v) is 5.63. The van der Waals surface area contributed by atoms with Crippen LogP contribution in [0.3, 0.4) is 0 Å². The molecule has 1 aliphatic rings. The number of rotatable bonds is 9. The van der Waals surface area contributed by atoms with Crippen LogP contribution in [0.2, 0.25) is 5.02 Å². The zero-order chi connectivity index (χ0) is 22.3. The normalized spacial score (nSPS) is 13.8. The van der Waals surface area contributed by atoms with E-state index in [4.69, 9.17) is 16.3 Å². The molecule has 2 rings (SSSR count). The first kappa shape index (κ1) is 23.6. The summed E-state index contributed by atoms with van der Waals surface area (Å²) in [6.07, 6.45) is 9.33. The van der Waals surface area contributed by atoms with Gasteiger partial charge in [0.1, 0.15) is 11.6 Å². The molecule has 0 heterocycles. The van der Waals surface area contributed by atoms with Crippen LogP contribution in [0.4, 0.5) is 4.39 Å². The molecule has 1 aliphatic carbocycles. The molecule has 1 N–H and O–H groups in total. The molecule has 0 amide bonds. The third kappa shape index (κ3) is 5.68. The lowest BCUT2D eigenvalue weighted by Gasteiger charge is -2.27. The maximum absolute atomic E-state index is 14.8. The van der Waals surface area contributed by atoms with Crippen molar-refractivity contribution in [3.05, 3.63) is 95.5 Å². The summed E-state index contributed by atoms with van der Waals surface area (Å²) < 4.78 is 21.1. The van der Waals surface area contributed by atoms with E-state index in [0.29, 0.717) is 12.1 Å². The highest BCUT2D eigenvalue weighted by Crippen LogP contribution is 2.41. The van der Waals surface area contributed by atoms with Gasteiger partial charge in [0.2, 0.25) is 0 Å². The van der Waals surface area contributed by atoms with Crippen LogP contribution in [-0.4, -0.2) is 29.0 Å². The first-order valence-electron chi connectivity index (χ1n) is 9.07. The number of phenols is 1. The lowest BCUT2D eigenvalue weighted by atomic mass is 9.96. The molecule has 1 aromatic rings. The second-order valence-electron chi connectivity index (χ2n) is 6.32. The van der Waals surface area contributed by atoms with Crippen molar-refractivity contribution in [1.82, 2.24) is 4.31 Å². The molecule has 0 bridgehead atoms. The van der Waals surface area contributed by atoms with Gasteiger partial charge in [0.05, 0.1) is 28.3 Å². The number of methoxy groups -OCH3 is 1. The number of phenolic OH excluding ortho intramolecular Hbond substituents is 1. The summed E-state index contributed by atoms with van der Waals surface area (Å²) in [6.45, 7) is 11.7. The van der Waals surface area contributed by atoms with Crippen molar-refractivity contribution in [3.8, 4) is 5.75 Å². The Labute approximate surface area is 185 Å². The second kappa shape index (κ2) is 10.9. The number of benzene rings is 1. The molecule has 0 spiro atoms. The number of carbonyl (C=O) groups is 1. The van der Waals surface area contributed by atoms with E-state index in [-0.39, 0.29) is 40.0 Å². The van der Waals surface area contributed by atoms with E-state index in [1.807, 2.05) is 6.08 Å². The van der Waals surface area contributed by atoms with Gasteiger partial charge in [-0.3, -0.25) is 0 Å². The number of halogens is 2. The van der Waals surface area contributed by atoms with Gasteiger partial charge >= 0.3 is 5.97 Å². The molecule has 0 saturated heterocycles. The molecule has 158 valence electrons. The zero-order valence-electron chi connectivity index (χ0n) is 16.7. The minimum atomic E-state index is -0.593.